The fourth-order valence-electron chi connectivity index (χ4n) is 2.58. The van der Waals surface area contributed by atoms with Gasteiger partial charge in [-0.05, 0) is 31.9 Å². The van der Waals surface area contributed by atoms with Crippen molar-refractivity contribution >= 4 is 17.2 Å². The number of carbonyl (C=O) groups excluding carboxylic acids is 1. The molecule has 122 valence electrons. The van der Waals surface area contributed by atoms with Gasteiger partial charge in [0.1, 0.15) is 5.01 Å². The Morgan fingerprint density at radius 2 is 2.39 bits per heavy atom. The monoisotopic (exact) mass is 335 g/mol. The SMILES string of the molecule is Cc1csc(CN(C[C@H]2CCCO2)C(=O)c2ccc(F)nc2)n1. The first-order valence-corrected chi connectivity index (χ1v) is 8.43. The van der Waals surface area contributed by atoms with E-state index < -0.39 is 5.95 Å². The van der Waals surface area contributed by atoms with E-state index in [9.17, 15) is 9.18 Å². The van der Waals surface area contributed by atoms with Crippen molar-refractivity contribution in [2.75, 3.05) is 13.2 Å². The van der Waals surface area contributed by atoms with Crippen molar-refractivity contribution < 1.29 is 13.9 Å². The molecule has 5 nitrogen and oxygen atoms in total. The average molecular weight is 335 g/mol. The number of aryl methyl sites for hydroxylation is 1. The first-order valence-electron chi connectivity index (χ1n) is 7.55. The van der Waals surface area contributed by atoms with Crippen LogP contribution >= 0.6 is 11.3 Å². The van der Waals surface area contributed by atoms with Gasteiger partial charge in [0.25, 0.3) is 5.91 Å². The van der Waals surface area contributed by atoms with Gasteiger partial charge in [0, 0.05) is 30.4 Å². The number of hydrogen-bond acceptors (Lipinski definition) is 5. The fourth-order valence-corrected chi connectivity index (χ4v) is 3.36. The Hall–Kier alpha value is -1.86. The molecule has 0 unspecified atom stereocenters. The quantitative estimate of drug-likeness (QED) is 0.789. The Bertz CT molecular complexity index is 668. The maximum Gasteiger partial charge on any atom is 0.255 e. The van der Waals surface area contributed by atoms with Crippen LogP contribution in [0.5, 0.6) is 0 Å². The summed E-state index contributed by atoms with van der Waals surface area (Å²) in [6.07, 6.45) is 3.28. The van der Waals surface area contributed by atoms with Crippen LogP contribution in [0, 0.1) is 12.9 Å². The highest BCUT2D eigenvalue weighted by molar-refractivity contribution is 7.09. The summed E-state index contributed by atoms with van der Waals surface area (Å²) in [6, 6.07) is 2.66. The smallest absolute Gasteiger partial charge is 0.255 e. The zero-order chi connectivity index (χ0) is 16.2. The van der Waals surface area contributed by atoms with E-state index in [2.05, 4.69) is 9.97 Å². The summed E-state index contributed by atoms with van der Waals surface area (Å²) in [5.41, 5.74) is 1.32. The van der Waals surface area contributed by atoms with Gasteiger partial charge in [-0.25, -0.2) is 9.97 Å². The molecule has 0 aliphatic carbocycles. The Labute approximate surface area is 138 Å². The first kappa shape index (κ1) is 16.0. The summed E-state index contributed by atoms with van der Waals surface area (Å²) in [5, 5.41) is 2.84. The summed E-state index contributed by atoms with van der Waals surface area (Å²) < 4.78 is 18.6. The molecular weight excluding hydrogens is 317 g/mol. The van der Waals surface area contributed by atoms with Gasteiger partial charge in [-0.15, -0.1) is 11.3 Å². The predicted octanol–water partition coefficient (Wildman–Crippen LogP) is 2.81. The molecular formula is C16H18FN3O2S. The van der Waals surface area contributed by atoms with Crippen LogP contribution < -0.4 is 0 Å². The lowest BCUT2D eigenvalue weighted by Crippen LogP contribution is -2.37. The zero-order valence-corrected chi connectivity index (χ0v) is 13.7. The fraction of sp³-hybridized carbons (Fsp3) is 0.438. The minimum absolute atomic E-state index is 0.0495. The van der Waals surface area contributed by atoms with Gasteiger partial charge in [-0.2, -0.15) is 4.39 Å². The number of amides is 1. The van der Waals surface area contributed by atoms with Gasteiger partial charge in [0.05, 0.1) is 18.2 Å². The molecule has 1 atom stereocenters. The number of pyridine rings is 1. The van der Waals surface area contributed by atoms with E-state index in [-0.39, 0.29) is 12.0 Å². The van der Waals surface area contributed by atoms with Crippen molar-refractivity contribution in [1.82, 2.24) is 14.9 Å². The van der Waals surface area contributed by atoms with Crippen LogP contribution in [0.15, 0.2) is 23.7 Å². The molecule has 1 fully saturated rings. The summed E-state index contributed by atoms with van der Waals surface area (Å²) in [6.45, 7) is 3.60. The highest BCUT2D eigenvalue weighted by atomic mass is 32.1. The standard InChI is InChI=1S/C16H18FN3O2S/c1-11-10-23-15(19-11)9-20(8-13-3-2-6-22-13)16(21)12-4-5-14(17)18-7-12/h4-5,7,10,13H,2-3,6,8-9H2,1H3/t13-/m1/s1. The Morgan fingerprint density at radius 3 is 3.00 bits per heavy atom. The number of halogens is 1. The molecule has 23 heavy (non-hydrogen) atoms. The van der Waals surface area contributed by atoms with Gasteiger partial charge in [0.15, 0.2) is 0 Å². The minimum Gasteiger partial charge on any atom is -0.376 e. The summed E-state index contributed by atoms with van der Waals surface area (Å²) >= 11 is 1.53. The molecule has 2 aromatic heterocycles. The molecule has 0 bridgehead atoms. The van der Waals surface area contributed by atoms with E-state index in [0.717, 1.165) is 30.2 Å². The molecule has 1 amide bonds. The highest BCUT2D eigenvalue weighted by Crippen LogP contribution is 2.18. The van der Waals surface area contributed by atoms with Gasteiger partial charge in [-0.3, -0.25) is 4.79 Å². The Kier molecular flexibility index (Phi) is 4.97. The number of ether oxygens (including phenoxy) is 1. The van der Waals surface area contributed by atoms with Crippen molar-refractivity contribution in [3.63, 3.8) is 0 Å². The highest BCUT2D eigenvalue weighted by Gasteiger charge is 2.24. The molecule has 1 aliphatic heterocycles. The second-order valence-corrected chi connectivity index (χ2v) is 6.52. The van der Waals surface area contributed by atoms with E-state index in [1.165, 1.54) is 29.7 Å². The van der Waals surface area contributed by atoms with Crippen LogP contribution in [-0.4, -0.2) is 40.0 Å². The molecule has 0 spiro atoms. The second-order valence-electron chi connectivity index (χ2n) is 5.57. The van der Waals surface area contributed by atoms with Gasteiger partial charge < -0.3 is 9.64 Å². The Morgan fingerprint density at radius 1 is 1.52 bits per heavy atom. The number of thiazole rings is 1. The van der Waals surface area contributed by atoms with E-state index >= 15 is 0 Å². The van der Waals surface area contributed by atoms with Crippen LogP contribution in [-0.2, 0) is 11.3 Å². The lowest BCUT2D eigenvalue weighted by molar-refractivity contribution is 0.0506. The van der Waals surface area contributed by atoms with Crippen molar-refractivity contribution in [1.29, 1.82) is 0 Å². The summed E-state index contributed by atoms with van der Waals surface area (Å²) in [5.74, 6) is -0.774. The zero-order valence-electron chi connectivity index (χ0n) is 12.9. The third-order valence-electron chi connectivity index (χ3n) is 3.70. The van der Waals surface area contributed by atoms with Crippen LogP contribution in [0.3, 0.4) is 0 Å². The molecule has 0 radical (unpaired) electrons. The van der Waals surface area contributed by atoms with Crippen molar-refractivity contribution in [2.24, 2.45) is 0 Å². The molecule has 1 saturated heterocycles. The van der Waals surface area contributed by atoms with E-state index in [1.54, 1.807) is 4.90 Å². The number of carbonyl (C=O) groups is 1. The number of rotatable bonds is 5. The predicted molar refractivity (Wildman–Crippen MR) is 84.8 cm³/mol. The molecule has 2 aromatic rings. The lowest BCUT2D eigenvalue weighted by Gasteiger charge is -2.24. The Balaban J connectivity index is 1.77. The maximum absolute atomic E-state index is 13.0. The van der Waals surface area contributed by atoms with Crippen molar-refractivity contribution in [2.45, 2.75) is 32.4 Å². The van der Waals surface area contributed by atoms with Crippen LogP contribution in [0.2, 0.25) is 0 Å². The number of nitrogens with zero attached hydrogens (tertiary/aromatic N) is 3. The van der Waals surface area contributed by atoms with Crippen molar-refractivity contribution in [3.05, 3.63) is 45.9 Å². The van der Waals surface area contributed by atoms with Crippen LogP contribution in [0.25, 0.3) is 0 Å². The largest absolute Gasteiger partial charge is 0.376 e. The molecule has 7 heteroatoms. The normalized spacial score (nSPS) is 17.4. The van der Waals surface area contributed by atoms with E-state index in [1.807, 2.05) is 12.3 Å². The molecule has 1 aliphatic rings. The van der Waals surface area contributed by atoms with Gasteiger partial charge in [-0.1, -0.05) is 0 Å². The second kappa shape index (κ2) is 7.14. The van der Waals surface area contributed by atoms with E-state index in [4.69, 9.17) is 4.74 Å². The molecule has 0 aromatic carbocycles. The minimum atomic E-state index is -0.595. The molecule has 0 saturated carbocycles. The van der Waals surface area contributed by atoms with Crippen molar-refractivity contribution in [3.8, 4) is 0 Å². The third kappa shape index (κ3) is 4.11. The number of hydrogen-bond donors (Lipinski definition) is 0. The topological polar surface area (TPSA) is 55.3 Å². The molecule has 3 heterocycles. The van der Waals surface area contributed by atoms with Gasteiger partial charge in [0.2, 0.25) is 5.95 Å². The molecule has 0 N–H and O–H groups in total. The summed E-state index contributed by atoms with van der Waals surface area (Å²) in [7, 11) is 0. The van der Waals surface area contributed by atoms with Crippen LogP contribution in [0.4, 0.5) is 4.39 Å². The van der Waals surface area contributed by atoms with Gasteiger partial charge >= 0.3 is 0 Å². The van der Waals surface area contributed by atoms with E-state index in [0.29, 0.717) is 18.7 Å². The maximum atomic E-state index is 13.0. The first-order chi connectivity index (χ1) is 11.1. The summed E-state index contributed by atoms with van der Waals surface area (Å²) in [4.78, 5) is 22.4. The molecule has 3 rings (SSSR count). The average Bonchev–Trinajstić information content (AvgIpc) is 3.19. The third-order valence-corrected chi connectivity index (χ3v) is 4.65. The number of aromatic nitrogens is 2. The lowest BCUT2D eigenvalue weighted by atomic mass is 10.2. The van der Waals surface area contributed by atoms with Crippen LogP contribution in [0.1, 0.15) is 33.9 Å².